The molecule has 4 aromatic rings. The molecule has 174 valence electrons. The average molecular weight is 479 g/mol. The highest BCUT2D eigenvalue weighted by Crippen LogP contribution is 2.24. The number of rotatable bonds is 7. The van der Waals surface area contributed by atoms with Crippen molar-refractivity contribution in [2.75, 3.05) is 10.6 Å². The Bertz CT molecular complexity index is 1410. The van der Waals surface area contributed by atoms with Gasteiger partial charge in [-0.3, -0.25) is 14.4 Å². The number of hydrogen-bond acceptors (Lipinski definition) is 5. The Labute approximate surface area is 199 Å². The minimum atomic E-state index is -0.605. The predicted octanol–water partition coefficient (Wildman–Crippen LogP) is 4.91. The van der Waals surface area contributed by atoms with Crippen molar-refractivity contribution in [3.8, 4) is 0 Å². The number of fused-ring (bicyclic) bond motifs is 1. The highest BCUT2D eigenvalue weighted by molar-refractivity contribution is 7.19. The molecule has 2 amide bonds. The molecular weight excluding hydrogens is 455 g/mol. The molecule has 0 fully saturated rings. The van der Waals surface area contributed by atoms with Crippen molar-refractivity contribution in [1.29, 1.82) is 0 Å². The molecule has 0 unspecified atom stereocenters. The molecule has 2 aromatic carbocycles. The molecule has 4 rings (SSSR count). The number of thiazole rings is 1. The molecule has 34 heavy (non-hydrogen) atoms. The van der Waals surface area contributed by atoms with Crippen LogP contribution < -0.4 is 16.2 Å². The number of halogens is 1. The van der Waals surface area contributed by atoms with E-state index in [1.165, 1.54) is 34.7 Å². The van der Waals surface area contributed by atoms with Crippen molar-refractivity contribution in [3.63, 3.8) is 0 Å². The molecule has 0 aliphatic heterocycles. The lowest BCUT2D eigenvalue weighted by Gasteiger charge is -2.09. The van der Waals surface area contributed by atoms with Crippen LogP contribution in [0, 0.1) is 5.82 Å². The Morgan fingerprint density at radius 3 is 2.21 bits per heavy atom. The summed E-state index contributed by atoms with van der Waals surface area (Å²) in [6, 6.07) is 14.0. The third kappa shape index (κ3) is 4.89. The molecule has 0 aliphatic carbocycles. The number of anilines is 2. The summed E-state index contributed by atoms with van der Waals surface area (Å²) >= 11 is 0.958. The van der Waals surface area contributed by atoms with Crippen LogP contribution in [0.3, 0.4) is 0 Å². The van der Waals surface area contributed by atoms with Gasteiger partial charge >= 0.3 is 0 Å². The molecule has 2 heterocycles. The Hall–Kier alpha value is -3.85. The molecule has 2 N–H and O–H groups in total. The van der Waals surface area contributed by atoms with Gasteiger partial charge in [-0.2, -0.15) is 0 Å². The fourth-order valence-corrected chi connectivity index (χ4v) is 4.54. The number of benzene rings is 2. The fourth-order valence-electron chi connectivity index (χ4n) is 3.50. The van der Waals surface area contributed by atoms with Gasteiger partial charge in [0.15, 0.2) is 4.96 Å². The summed E-state index contributed by atoms with van der Waals surface area (Å²) in [6.45, 7) is 4.01. The molecular formula is C25H23FN4O3S. The van der Waals surface area contributed by atoms with Gasteiger partial charge in [-0.15, -0.1) is 0 Å². The third-order valence-electron chi connectivity index (χ3n) is 5.22. The highest BCUT2D eigenvalue weighted by Gasteiger charge is 2.26. The van der Waals surface area contributed by atoms with Gasteiger partial charge in [0, 0.05) is 23.1 Å². The number of aromatic nitrogens is 2. The zero-order valence-electron chi connectivity index (χ0n) is 18.7. The van der Waals surface area contributed by atoms with Crippen molar-refractivity contribution >= 4 is 39.5 Å². The molecule has 0 radical (unpaired) electrons. The van der Waals surface area contributed by atoms with E-state index in [4.69, 9.17) is 0 Å². The average Bonchev–Trinajstić information content (AvgIpc) is 3.22. The van der Waals surface area contributed by atoms with Crippen molar-refractivity contribution in [2.45, 2.75) is 33.1 Å². The minimum Gasteiger partial charge on any atom is -0.321 e. The van der Waals surface area contributed by atoms with Crippen molar-refractivity contribution in [2.24, 2.45) is 0 Å². The summed E-state index contributed by atoms with van der Waals surface area (Å²) in [5.74, 6) is -1.63. The summed E-state index contributed by atoms with van der Waals surface area (Å²) in [6.07, 6.45) is 2.26. The first-order chi connectivity index (χ1) is 16.4. The number of nitrogens with one attached hydrogen (secondary N) is 2. The first-order valence-corrected chi connectivity index (χ1v) is 11.7. The van der Waals surface area contributed by atoms with Crippen LogP contribution in [-0.2, 0) is 12.8 Å². The van der Waals surface area contributed by atoms with Gasteiger partial charge in [0.25, 0.3) is 17.4 Å². The van der Waals surface area contributed by atoms with Gasteiger partial charge < -0.3 is 10.6 Å². The van der Waals surface area contributed by atoms with Gasteiger partial charge in [0.2, 0.25) is 0 Å². The van der Waals surface area contributed by atoms with Crippen LogP contribution in [0.1, 0.15) is 51.7 Å². The first kappa shape index (κ1) is 23.3. The number of aryl methyl sites for hydroxylation is 2. The fraction of sp³-hybridized carbons (Fsp3) is 0.200. The lowest BCUT2D eigenvalue weighted by Crippen LogP contribution is -2.25. The SMILES string of the molecule is CCCc1cc(=O)n2c(C(=O)Nc3ccc(CC)cc3)c(C(=O)Nc3ccc(F)cc3)sc2n1. The van der Waals surface area contributed by atoms with E-state index in [1.807, 2.05) is 26.0 Å². The molecule has 2 aromatic heterocycles. The number of amides is 2. The molecule has 7 nitrogen and oxygen atoms in total. The topological polar surface area (TPSA) is 92.6 Å². The second-order valence-electron chi connectivity index (χ2n) is 7.70. The zero-order chi connectivity index (χ0) is 24.2. The molecule has 0 bridgehead atoms. The van der Waals surface area contributed by atoms with E-state index in [0.717, 1.165) is 29.7 Å². The number of carbonyl (C=O) groups excluding carboxylic acids is 2. The summed E-state index contributed by atoms with van der Waals surface area (Å²) in [4.78, 5) is 44.2. The van der Waals surface area contributed by atoms with Crippen molar-refractivity contribution < 1.29 is 14.0 Å². The maximum Gasteiger partial charge on any atom is 0.274 e. The van der Waals surface area contributed by atoms with Gasteiger partial charge in [0.1, 0.15) is 16.4 Å². The Kier molecular flexibility index (Phi) is 6.83. The van der Waals surface area contributed by atoms with E-state index in [0.29, 0.717) is 23.5 Å². The Morgan fingerprint density at radius 1 is 0.971 bits per heavy atom. The smallest absolute Gasteiger partial charge is 0.274 e. The summed E-state index contributed by atoms with van der Waals surface area (Å²) in [5, 5.41) is 5.43. The standard InChI is InChI=1S/C25H23FN4O3S/c1-3-5-19-14-20(31)30-21(23(32)27-17-10-6-15(4-2)7-11-17)22(34-25(30)29-19)24(33)28-18-12-8-16(26)9-13-18/h6-14H,3-5H2,1-2H3,(H,27,32)(H,28,33). The van der Waals surface area contributed by atoms with Gasteiger partial charge in [-0.1, -0.05) is 43.7 Å². The second-order valence-corrected chi connectivity index (χ2v) is 8.68. The Morgan fingerprint density at radius 2 is 1.59 bits per heavy atom. The molecule has 0 saturated carbocycles. The minimum absolute atomic E-state index is 0.0326. The number of hydrogen-bond donors (Lipinski definition) is 2. The second kappa shape index (κ2) is 9.96. The molecule has 9 heteroatoms. The van der Waals surface area contributed by atoms with Crippen LogP contribution in [0.2, 0.25) is 0 Å². The molecule has 0 saturated heterocycles. The molecule has 0 spiro atoms. The van der Waals surface area contributed by atoms with E-state index in [-0.39, 0.29) is 15.5 Å². The van der Waals surface area contributed by atoms with E-state index in [1.54, 1.807) is 12.1 Å². The quantitative estimate of drug-likeness (QED) is 0.395. The van der Waals surface area contributed by atoms with E-state index in [9.17, 15) is 18.8 Å². The molecule has 0 aliphatic rings. The van der Waals surface area contributed by atoms with Crippen LogP contribution in [0.5, 0.6) is 0 Å². The maximum absolute atomic E-state index is 13.3. The predicted molar refractivity (Wildman–Crippen MR) is 131 cm³/mol. The van der Waals surface area contributed by atoms with Gasteiger partial charge in [0.05, 0.1) is 0 Å². The largest absolute Gasteiger partial charge is 0.321 e. The lowest BCUT2D eigenvalue weighted by molar-refractivity contribution is 0.0989. The number of nitrogens with zero attached hydrogens (tertiary/aromatic N) is 2. The summed E-state index contributed by atoms with van der Waals surface area (Å²) in [7, 11) is 0. The van der Waals surface area contributed by atoms with Gasteiger partial charge in [-0.05, 0) is 54.8 Å². The van der Waals surface area contributed by atoms with Crippen LogP contribution >= 0.6 is 11.3 Å². The Balaban J connectivity index is 1.77. The van der Waals surface area contributed by atoms with E-state index in [2.05, 4.69) is 15.6 Å². The van der Waals surface area contributed by atoms with E-state index < -0.39 is 23.2 Å². The summed E-state index contributed by atoms with van der Waals surface area (Å²) in [5.41, 5.74) is 2.08. The maximum atomic E-state index is 13.3. The molecule has 0 atom stereocenters. The number of carbonyl (C=O) groups is 2. The highest BCUT2D eigenvalue weighted by atomic mass is 32.1. The summed E-state index contributed by atoms with van der Waals surface area (Å²) < 4.78 is 14.4. The lowest BCUT2D eigenvalue weighted by atomic mass is 10.1. The van der Waals surface area contributed by atoms with Crippen LogP contribution in [-0.4, -0.2) is 21.2 Å². The van der Waals surface area contributed by atoms with Crippen LogP contribution in [0.15, 0.2) is 59.4 Å². The van der Waals surface area contributed by atoms with Crippen LogP contribution in [0.25, 0.3) is 4.96 Å². The monoisotopic (exact) mass is 478 g/mol. The van der Waals surface area contributed by atoms with Crippen LogP contribution in [0.4, 0.5) is 15.8 Å². The third-order valence-corrected chi connectivity index (χ3v) is 6.26. The first-order valence-electron chi connectivity index (χ1n) is 10.9. The normalized spacial score (nSPS) is 10.9. The van der Waals surface area contributed by atoms with Gasteiger partial charge in [-0.25, -0.2) is 13.8 Å². The van der Waals surface area contributed by atoms with Crippen molar-refractivity contribution in [3.05, 3.63) is 92.6 Å². The zero-order valence-corrected chi connectivity index (χ0v) is 19.5. The van der Waals surface area contributed by atoms with Crippen molar-refractivity contribution in [1.82, 2.24) is 9.38 Å². The van der Waals surface area contributed by atoms with E-state index >= 15 is 0 Å².